The van der Waals surface area contributed by atoms with Gasteiger partial charge in [0.2, 0.25) is 5.82 Å². The van der Waals surface area contributed by atoms with E-state index in [0.717, 1.165) is 11.3 Å². The standard InChI is InChI=1S/C15H18N4O3/c1-4-9-22-13-8-6-5-7-12(13)10-16-15-14(19(20)21)11(2)17-18(15)3/h4-8,16H,1,9-10H2,2-3H3. The lowest BCUT2D eigenvalue weighted by Crippen LogP contribution is -2.08. The molecule has 0 aliphatic carbocycles. The van der Waals surface area contributed by atoms with Crippen molar-refractivity contribution >= 4 is 11.5 Å². The van der Waals surface area contributed by atoms with Gasteiger partial charge in [0.1, 0.15) is 18.1 Å². The lowest BCUT2D eigenvalue weighted by atomic mass is 10.2. The molecule has 0 saturated carbocycles. The lowest BCUT2D eigenvalue weighted by Gasteiger charge is -2.11. The summed E-state index contributed by atoms with van der Waals surface area (Å²) in [6.45, 7) is 6.03. The Labute approximate surface area is 128 Å². The number of nitrogens with one attached hydrogen (secondary N) is 1. The number of nitrogens with zero attached hydrogens (tertiary/aromatic N) is 3. The first-order chi connectivity index (χ1) is 10.5. The summed E-state index contributed by atoms with van der Waals surface area (Å²) in [7, 11) is 1.67. The third-order valence-electron chi connectivity index (χ3n) is 3.15. The second kappa shape index (κ2) is 6.75. The molecular weight excluding hydrogens is 284 g/mol. The van der Waals surface area contributed by atoms with Gasteiger partial charge in [-0.2, -0.15) is 5.10 Å². The van der Waals surface area contributed by atoms with Crippen molar-refractivity contribution in [3.05, 3.63) is 58.3 Å². The van der Waals surface area contributed by atoms with Gasteiger partial charge in [-0.15, -0.1) is 0 Å². The van der Waals surface area contributed by atoms with Crippen LogP contribution in [-0.4, -0.2) is 21.3 Å². The number of anilines is 1. The first kappa shape index (κ1) is 15.6. The van der Waals surface area contributed by atoms with E-state index in [1.807, 2.05) is 24.3 Å². The molecule has 1 aromatic carbocycles. The molecule has 0 aliphatic heterocycles. The van der Waals surface area contributed by atoms with Crippen LogP contribution in [0.4, 0.5) is 11.5 Å². The maximum absolute atomic E-state index is 11.2. The third-order valence-corrected chi connectivity index (χ3v) is 3.15. The number of para-hydroxylation sites is 1. The minimum atomic E-state index is -0.426. The van der Waals surface area contributed by atoms with Crippen molar-refractivity contribution in [2.75, 3.05) is 11.9 Å². The SMILES string of the molecule is C=CCOc1ccccc1CNc1c([N+](=O)[O-])c(C)nn1C. The van der Waals surface area contributed by atoms with Crippen LogP contribution in [0.2, 0.25) is 0 Å². The van der Waals surface area contributed by atoms with E-state index in [2.05, 4.69) is 17.0 Å². The minimum absolute atomic E-state index is 0.00742. The van der Waals surface area contributed by atoms with Gasteiger partial charge in [-0.05, 0) is 13.0 Å². The fraction of sp³-hybridized carbons (Fsp3) is 0.267. The van der Waals surface area contributed by atoms with E-state index in [-0.39, 0.29) is 5.69 Å². The third kappa shape index (κ3) is 3.25. The van der Waals surface area contributed by atoms with Crippen molar-refractivity contribution in [1.82, 2.24) is 9.78 Å². The summed E-state index contributed by atoms with van der Waals surface area (Å²) in [4.78, 5) is 10.7. The predicted molar refractivity (Wildman–Crippen MR) is 84.1 cm³/mol. The second-order valence-electron chi connectivity index (χ2n) is 4.72. The molecule has 0 spiro atoms. The summed E-state index contributed by atoms with van der Waals surface area (Å²) >= 11 is 0. The van der Waals surface area contributed by atoms with Crippen molar-refractivity contribution in [3.63, 3.8) is 0 Å². The van der Waals surface area contributed by atoms with Gasteiger partial charge in [0.15, 0.2) is 0 Å². The molecule has 0 radical (unpaired) electrons. The number of rotatable bonds is 7. The van der Waals surface area contributed by atoms with Gasteiger partial charge >= 0.3 is 5.69 Å². The molecule has 1 N–H and O–H groups in total. The zero-order valence-corrected chi connectivity index (χ0v) is 12.6. The number of hydrogen-bond acceptors (Lipinski definition) is 5. The van der Waals surface area contributed by atoms with E-state index < -0.39 is 4.92 Å². The summed E-state index contributed by atoms with van der Waals surface area (Å²) in [6, 6.07) is 7.52. The van der Waals surface area contributed by atoms with Gasteiger partial charge in [-0.1, -0.05) is 30.9 Å². The van der Waals surface area contributed by atoms with Crippen molar-refractivity contribution in [1.29, 1.82) is 0 Å². The van der Waals surface area contributed by atoms with Crippen LogP contribution in [0.3, 0.4) is 0 Å². The van der Waals surface area contributed by atoms with Crippen LogP contribution in [0.5, 0.6) is 5.75 Å². The minimum Gasteiger partial charge on any atom is -0.489 e. The van der Waals surface area contributed by atoms with Crippen LogP contribution in [0.25, 0.3) is 0 Å². The fourth-order valence-corrected chi connectivity index (χ4v) is 2.18. The zero-order valence-electron chi connectivity index (χ0n) is 12.6. The number of nitro groups is 1. The topological polar surface area (TPSA) is 82.2 Å². The summed E-state index contributed by atoms with van der Waals surface area (Å²) in [5.41, 5.74) is 1.27. The molecule has 116 valence electrons. The Bertz CT molecular complexity index is 694. The maximum Gasteiger partial charge on any atom is 0.333 e. The van der Waals surface area contributed by atoms with Crippen LogP contribution < -0.4 is 10.1 Å². The van der Waals surface area contributed by atoms with Crippen LogP contribution in [-0.2, 0) is 13.6 Å². The number of benzene rings is 1. The second-order valence-corrected chi connectivity index (χ2v) is 4.72. The first-order valence-electron chi connectivity index (χ1n) is 6.78. The molecule has 0 bridgehead atoms. The molecule has 22 heavy (non-hydrogen) atoms. The average Bonchev–Trinajstić information content (AvgIpc) is 2.77. The summed E-state index contributed by atoms with van der Waals surface area (Å²) in [6.07, 6.45) is 1.67. The molecule has 1 heterocycles. The summed E-state index contributed by atoms with van der Waals surface area (Å²) in [5.74, 6) is 1.09. The van der Waals surface area contributed by atoms with Gasteiger partial charge in [0.25, 0.3) is 0 Å². The van der Waals surface area contributed by atoms with Gasteiger partial charge in [-0.25, -0.2) is 4.68 Å². The molecule has 0 aliphatic rings. The molecule has 0 amide bonds. The highest BCUT2D eigenvalue weighted by molar-refractivity contribution is 5.59. The Kier molecular flexibility index (Phi) is 4.77. The molecule has 0 unspecified atom stereocenters. The van der Waals surface area contributed by atoms with Crippen molar-refractivity contribution in [3.8, 4) is 5.75 Å². The fourth-order valence-electron chi connectivity index (χ4n) is 2.18. The van der Waals surface area contributed by atoms with E-state index in [4.69, 9.17) is 4.74 Å². The highest BCUT2D eigenvalue weighted by atomic mass is 16.6. The first-order valence-corrected chi connectivity index (χ1v) is 6.78. The van der Waals surface area contributed by atoms with Crippen LogP contribution in [0.15, 0.2) is 36.9 Å². The Morgan fingerprint density at radius 1 is 1.50 bits per heavy atom. The van der Waals surface area contributed by atoms with Crippen LogP contribution in [0, 0.1) is 17.0 Å². The van der Waals surface area contributed by atoms with E-state index in [1.54, 1.807) is 20.0 Å². The summed E-state index contributed by atoms with van der Waals surface area (Å²) < 4.78 is 7.05. The molecule has 0 atom stereocenters. The highest BCUT2D eigenvalue weighted by Gasteiger charge is 2.23. The number of aromatic nitrogens is 2. The number of aryl methyl sites for hydroxylation is 2. The Morgan fingerprint density at radius 2 is 2.23 bits per heavy atom. The van der Waals surface area contributed by atoms with Crippen molar-refractivity contribution < 1.29 is 9.66 Å². The van der Waals surface area contributed by atoms with Crippen LogP contribution >= 0.6 is 0 Å². The van der Waals surface area contributed by atoms with Gasteiger partial charge in [0.05, 0.1) is 4.92 Å². The quantitative estimate of drug-likeness (QED) is 0.483. The molecule has 2 rings (SSSR count). The van der Waals surface area contributed by atoms with E-state index >= 15 is 0 Å². The van der Waals surface area contributed by atoms with E-state index in [9.17, 15) is 10.1 Å². The molecule has 0 saturated heterocycles. The predicted octanol–water partition coefficient (Wildman–Crippen LogP) is 2.81. The molecule has 7 heteroatoms. The number of ether oxygens (including phenoxy) is 1. The monoisotopic (exact) mass is 302 g/mol. The molecule has 0 fully saturated rings. The largest absolute Gasteiger partial charge is 0.489 e. The zero-order chi connectivity index (χ0) is 16.1. The Hall–Kier alpha value is -2.83. The van der Waals surface area contributed by atoms with Gasteiger partial charge < -0.3 is 10.1 Å². The summed E-state index contributed by atoms with van der Waals surface area (Å²) in [5, 5.41) is 18.3. The Morgan fingerprint density at radius 3 is 2.91 bits per heavy atom. The highest BCUT2D eigenvalue weighted by Crippen LogP contribution is 2.28. The maximum atomic E-state index is 11.2. The van der Waals surface area contributed by atoms with Crippen LogP contribution in [0.1, 0.15) is 11.3 Å². The normalized spacial score (nSPS) is 10.3. The molecule has 7 nitrogen and oxygen atoms in total. The van der Waals surface area contributed by atoms with E-state index in [0.29, 0.717) is 24.7 Å². The van der Waals surface area contributed by atoms with Crippen molar-refractivity contribution in [2.45, 2.75) is 13.5 Å². The number of hydrogen-bond donors (Lipinski definition) is 1. The van der Waals surface area contributed by atoms with Crippen molar-refractivity contribution in [2.24, 2.45) is 7.05 Å². The molecule has 2 aromatic rings. The van der Waals surface area contributed by atoms with E-state index in [1.165, 1.54) is 4.68 Å². The van der Waals surface area contributed by atoms with Gasteiger partial charge in [-0.3, -0.25) is 10.1 Å². The average molecular weight is 302 g/mol. The smallest absolute Gasteiger partial charge is 0.333 e. The van der Waals surface area contributed by atoms with Gasteiger partial charge in [0, 0.05) is 19.2 Å². The Balaban J connectivity index is 2.21. The molecule has 1 aromatic heterocycles. The lowest BCUT2D eigenvalue weighted by molar-refractivity contribution is -0.384. The molecular formula is C15H18N4O3.